The molecule has 0 aliphatic carbocycles. The molecule has 160 valence electrons. The van der Waals surface area contributed by atoms with E-state index in [1.165, 1.54) is 22.9 Å². The fourth-order valence-corrected chi connectivity index (χ4v) is 4.60. The molecule has 30 heavy (non-hydrogen) atoms. The van der Waals surface area contributed by atoms with E-state index in [1.807, 2.05) is 6.07 Å². The highest BCUT2D eigenvalue weighted by Gasteiger charge is 2.22. The summed E-state index contributed by atoms with van der Waals surface area (Å²) < 4.78 is 50.5. The molecule has 1 aliphatic heterocycles. The predicted octanol–water partition coefficient (Wildman–Crippen LogP) is 3.38. The van der Waals surface area contributed by atoms with Gasteiger partial charge in [-0.15, -0.1) is 0 Å². The van der Waals surface area contributed by atoms with Crippen LogP contribution in [-0.4, -0.2) is 53.1 Å². The maximum atomic E-state index is 13.1. The summed E-state index contributed by atoms with van der Waals surface area (Å²) in [6.07, 6.45) is 4.51. The third-order valence-electron chi connectivity index (χ3n) is 5.39. The Morgan fingerprint density at radius 2 is 2.07 bits per heavy atom. The Bertz CT molecular complexity index is 1150. The maximum Gasteiger partial charge on any atom is 0.282 e. The number of pyridine rings is 1. The molecule has 1 fully saturated rings. The van der Waals surface area contributed by atoms with Crippen LogP contribution in [0, 0.1) is 5.92 Å². The number of sulfone groups is 1. The minimum atomic E-state index is -2.98. The smallest absolute Gasteiger partial charge is 0.282 e. The molecule has 0 aromatic carbocycles. The summed E-state index contributed by atoms with van der Waals surface area (Å²) in [4.78, 5) is 10.9. The van der Waals surface area contributed by atoms with Gasteiger partial charge in [-0.2, -0.15) is 5.10 Å². The number of aromatic nitrogens is 4. The van der Waals surface area contributed by atoms with Crippen molar-refractivity contribution >= 4 is 21.3 Å². The van der Waals surface area contributed by atoms with E-state index in [4.69, 9.17) is 0 Å². The van der Waals surface area contributed by atoms with E-state index in [9.17, 15) is 17.2 Å². The van der Waals surface area contributed by atoms with Gasteiger partial charge in [-0.3, -0.25) is 0 Å². The molecule has 1 saturated heterocycles. The summed E-state index contributed by atoms with van der Waals surface area (Å²) in [5.74, 6) is 1.26. The second-order valence-electron chi connectivity index (χ2n) is 7.75. The Kier molecular flexibility index (Phi) is 5.68. The first-order valence-electron chi connectivity index (χ1n) is 9.82. The van der Waals surface area contributed by atoms with E-state index in [0.717, 1.165) is 37.3 Å². The predicted molar refractivity (Wildman–Crippen MR) is 110 cm³/mol. The molecule has 3 aromatic rings. The number of hydrogen-bond donors (Lipinski definition) is 0. The van der Waals surface area contributed by atoms with Gasteiger partial charge in [-0.25, -0.2) is 31.7 Å². The second kappa shape index (κ2) is 8.25. The zero-order valence-electron chi connectivity index (χ0n) is 16.6. The molecule has 0 saturated carbocycles. The van der Waals surface area contributed by atoms with Crippen molar-refractivity contribution < 1.29 is 17.2 Å². The molecule has 7 nitrogen and oxygen atoms in total. The molecule has 0 amide bonds. The summed E-state index contributed by atoms with van der Waals surface area (Å²) in [5.41, 5.74) is 1.58. The van der Waals surface area contributed by atoms with Crippen LogP contribution in [0.1, 0.15) is 31.4 Å². The van der Waals surface area contributed by atoms with Gasteiger partial charge in [0.25, 0.3) is 6.43 Å². The zero-order valence-corrected chi connectivity index (χ0v) is 17.4. The highest BCUT2D eigenvalue weighted by molar-refractivity contribution is 7.90. The zero-order chi connectivity index (χ0) is 21.3. The third-order valence-corrected chi connectivity index (χ3v) is 6.36. The number of halogens is 2. The normalized spacial score (nSPS) is 17.7. The average Bonchev–Trinajstić information content (AvgIpc) is 3.15. The van der Waals surface area contributed by atoms with Crippen molar-refractivity contribution in [2.75, 3.05) is 30.0 Å². The number of imidazole rings is 1. The molecular formula is C20H23F2N5O2S. The molecule has 3 aromatic heterocycles. The standard InChI is InChI=1S/C20H23F2N5O2S/c1-30(28,29)10-7-14-3-2-9-26(13-14)19-11-15(6-8-23-19)17-12-24-18-5-4-16(20(21)22)25-27(17)18/h4-6,8,11-12,14,20H,2-3,7,9-10,13H2,1H3. The minimum absolute atomic E-state index is 0.193. The molecule has 1 atom stereocenters. The number of hydrogen-bond acceptors (Lipinski definition) is 6. The first kappa shape index (κ1) is 20.6. The molecule has 0 radical (unpaired) electrons. The number of anilines is 1. The number of piperidine rings is 1. The number of fused-ring (bicyclic) bond motifs is 1. The maximum absolute atomic E-state index is 13.1. The van der Waals surface area contributed by atoms with Crippen molar-refractivity contribution in [1.29, 1.82) is 0 Å². The van der Waals surface area contributed by atoms with Crippen LogP contribution in [-0.2, 0) is 9.84 Å². The van der Waals surface area contributed by atoms with Crippen molar-refractivity contribution in [2.24, 2.45) is 5.92 Å². The van der Waals surface area contributed by atoms with Crippen LogP contribution in [0.4, 0.5) is 14.6 Å². The first-order chi connectivity index (χ1) is 14.3. The van der Waals surface area contributed by atoms with Gasteiger partial charge in [0, 0.05) is 31.1 Å². The van der Waals surface area contributed by atoms with Crippen LogP contribution in [0.2, 0.25) is 0 Å². The Labute approximate surface area is 173 Å². The van der Waals surface area contributed by atoms with E-state index >= 15 is 0 Å². The third kappa shape index (κ3) is 4.58. The Balaban J connectivity index is 1.59. The number of nitrogens with zero attached hydrogens (tertiary/aromatic N) is 5. The highest BCUT2D eigenvalue weighted by atomic mass is 32.2. The van der Waals surface area contributed by atoms with Gasteiger partial charge in [0.1, 0.15) is 21.3 Å². The van der Waals surface area contributed by atoms with Crippen molar-refractivity contribution in [3.63, 3.8) is 0 Å². The molecule has 4 rings (SSSR count). The highest BCUT2D eigenvalue weighted by Crippen LogP contribution is 2.28. The average molecular weight is 436 g/mol. The number of rotatable bonds is 6. The lowest BCUT2D eigenvalue weighted by Gasteiger charge is -2.33. The van der Waals surface area contributed by atoms with E-state index in [-0.39, 0.29) is 11.4 Å². The van der Waals surface area contributed by atoms with Gasteiger partial charge >= 0.3 is 0 Å². The molecule has 0 bridgehead atoms. The van der Waals surface area contributed by atoms with Gasteiger partial charge in [0.05, 0.1) is 17.6 Å². The van der Waals surface area contributed by atoms with Crippen LogP contribution in [0.15, 0.2) is 36.7 Å². The van der Waals surface area contributed by atoms with E-state index < -0.39 is 16.3 Å². The molecule has 1 unspecified atom stereocenters. The van der Waals surface area contributed by atoms with E-state index in [2.05, 4.69) is 20.0 Å². The summed E-state index contributed by atoms with van der Waals surface area (Å²) in [5, 5.41) is 4.03. The van der Waals surface area contributed by atoms with Gasteiger partial charge in [-0.1, -0.05) is 0 Å². The fraction of sp³-hybridized carbons (Fsp3) is 0.450. The van der Waals surface area contributed by atoms with Crippen LogP contribution >= 0.6 is 0 Å². The summed E-state index contributed by atoms with van der Waals surface area (Å²) in [6.45, 7) is 1.58. The first-order valence-corrected chi connectivity index (χ1v) is 11.9. The van der Waals surface area contributed by atoms with Gasteiger partial charge in [-0.05, 0) is 49.4 Å². The summed E-state index contributed by atoms with van der Waals surface area (Å²) in [6, 6.07) is 6.50. The number of alkyl halides is 2. The molecule has 1 aliphatic rings. The van der Waals surface area contributed by atoms with Crippen LogP contribution in [0.25, 0.3) is 16.9 Å². The SMILES string of the molecule is CS(=O)(=O)CCC1CCCN(c2cc(-c3cnc4ccc(C(F)F)nn34)ccn2)C1. The molecule has 10 heteroatoms. The molecule has 4 heterocycles. The van der Waals surface area contributed by atoms with Gasteiger partial charge in [0.2, 0.25) is 0 Å². The molecule has 0 spiro atoms. The Morgan fingerprint density at radius 3 is 2.83 bits per heavy atom. The van der Waals surface area contributed by atoms with Crippen molar-refractivity contribution in [1.82, 2.24) is 19.6 Å². The van der Waals surface area contributed by atoms with Gasteiger partial charge in [0.15, 0.2) is 5.65 Å². The van der Waals surface area contributed by atoms with Crippen LogP contribution in [0.5, 0.6) is 0 Å². The van der Waals surface area contributed by atoms with E-state index in [0.29, 0.717) is 23.7 Å². The van der Waals surface area contributed by atoms with Crippen molar-refractivity contribution in [3.8, 4) is 11.3 Å². The Hall–Kier alpha value is -2.62. The minimum Gasteiger partial charge on any atom is -0.356 e. The van der Waals surface area contributed by atoms with Crippen LogP contribution in [0.3, 0.4) is 0 Å². The van der Waals surface area contributed by atoms with Crippen molar-refractivity contribution in [3.05, 3.63) is 42.4 Å². The topological polar surface area (TPSA) is 80.5 Å². The fourth-order valence-electron chi connectivity index (χ4n) is 3.84. The molecular weight excluding hydrogens is 412 g/mol. The van der Waals surface area contributed by atoms with E-state index in [1.54, 1.807) is 18.5 Å². The Morgan fingerprint density at radius 1 is 1.23 bits per heavy atom. The lowest BCUT2D eigenvalue weighted by atomic mass is 9.95. The molecule has 0 N–H and O–H groups in total. The summed E-state index contributed by atoms with van der Waals surface area (Å²) >= 11 is 0. The monoisotopic (exact) mass is 435 g/mol. The second-order valence-corrected chi connectivity index (χ2v) is 10.0. The lowest BCUT2D eigenvalue weighted by Crippen LogP contribution is -2.36. The quantitative estimate of drug-likeness (QED) is 0.591. The van der Waals surface area contributed by atoms with Crippen molar-refractivity contribution in [2.45, 2.75) is 25.7 Å². The van der Waals surface area contributed by atoms with Gasteiger partial charge < -0.3 is 4.90 Å². The van der Waals surface area contributed by atoms with Crippen LogP contribution < -0.4 is 4.90 Å². The summed E-state index contributed by atoms with van der Waals surface area (Å²) in [7, 11) is -2.98. The lowest BCUT2D eigenvalue weighted by molar-refractivity contribution is 0.144. The largest absolute Gasteiger partial charge is 0.356 e.